The molecule has 1 aromatic carbocycles. The first kappa shape index (κ1) is 15.1. The predicted octanol–water partition coefficient (Wildman–Crippen LogP) is 3.21. The quantitative estimate of drug-likeness (QED) is 0.912. The lowest BCUT2D eigenvalue weighted by Gasteiger charge is -2.11. The minimum atomic E-state index is 0.779. The first-order valence-electron chi connectivity index (χ1n) is 6.82. The molecule has 0 aliphatic heterocycles. The topological polar surface area (TPSA) is 37.8 Å². The maximum atomic E-state index is 4.65. The van der Waals surface area contributed by atoms with Gasteiger partial charge in [-0.2, -0.15) is 0 Å². The van der Waals surface area contributed by atoms with Crippen molar-refractivity contribution in [2.24, 2.45) is 0 Å². The zero-order valence-corrected chi connectivity index (χ0v) is 13.8. The third-order valence-corrected chi connectivity index (χ3v) is 3.90. The zero-order chi connectivity index (χ0) is 14.5. The number of hydrogen-bond acceptors (Lipinski definition) is 3. The highest BCUT2D eigenvalue weighted by molar-refractivity contribution is 9.10. The number of halogens is 1. The summed E-state index contributed by atoms with van der Waals surface area (Å²) in [5.74, 6) is 0.899. The SMILES string of the molecule is CNCCc1c(C)nc(Cc2ccc(Br)cc2)nc1C. The first-order chi connectivity index (χ1) is 9.60. The third-order valence-electron chi connectivity index (χ3n) is 3.37. The highest BCUT2D eigenvalue weighted by Crippen LogP contribution is 2.15. The van der Waals surface area contributed by atoms with Gasteiger partial charge >= 0.3 is 0 Å². The van der Waals surface area contributed by atoms with Crippen LogP contribution >= 0.6 is 15.9 Å². The molecule has 1 heterocycles. The lowest BCUT2D eigenvalue weighted by atomic mass is 10.1. The average Bonchev–Trinajstić information content (AvgIpc) is 2.41. The molecule has 20 heavy (non-hydrogen) atoms. The standard InChI is InChI=1S/C16H20BrN3/c1-11-15(8-9-18-3)12(2)20-16(19-11)10-13-4-6-14(17)7-5-13/h4-7,18H,8-10H2,1-3H3. The van der Waals surface area contributed by atoms with Crippen LogP contribution in [-0.2, 0) is 12.8 Å². The van der Waals surface area contributed by atoms with Gasteiger partial charge in [0.1, 0.15) is 5.82 Å². The van der Waals surface area contributed by atoms with Gasteiger partial charge in [0.2, 0.25) is 0 Å². The molecule has 106 valence electrons. The number of benzene rings is 1. The molecule has 0 aliphatic rings. The van der Waals surface area contributed by atoms with Crippen LogP contribution in [0.4, 0.5) is 0 Å². The smallest absolute Gasteiger partial charge is 0.133 e. The van der Waals surface area contributed by atoms with Crippen LogP contribution in [0.1, 0.15) is 28.3 Å². The molecule has 0 aliphatic carbocycles. The lowest BCUT2D eigenvalue weighted by molar-refractivity contribution is 0.766. The van der Waals surface area contributed by atoms with Crippen LogP contribution in [0.3, 0.4) is 0 Å². The van der Waals surface area contributed by atoms with Gasteiger partial charge < -0.3 is 5.32 Å². The van der Waals surface area contributed by atoms with Gasteiger partial charge in [-0.05, 0) is 57.1 Å². The third kappa shape index (κ3) is 3.87. The second kappa shape index (κ2) is 6.95. The molecule has 2 rings (SSSR count). The number of nitrogens with zero attached hydrogens (tertiary/aromatic N) is 2. The van der Waals surface area contributed by atoms with E-state index in [0.717, 1.165) is 41.1 Å². The van der Waals surface area contributed by atoms with Crippen LogP contribution in [0.2, 0.25) is 0 Å². The highest BCUT2D eigenvalue weighted by atomic mass is 79.9. The number of aromatic nitrogens is 2. The molecular formula is C16H20BrN3. The summed E-state index contributed by atoms with van der Waals surface area (Å²) >= 11 is 3.45. The fraction of sp³-hybridized carbons (Fsp3) is 0.375. The summed E-state index contributed by atoms with van der Waals surface area (Å²) in [7, 11) is 1.97. The fourth-order valence-corrected chi connectivity index (χ4v) is 2.55. The van der Waals surface area contributed by atoms with Gasteiger partial charge in [0.25, 0.3) is 0 Å². The minimum Gasteiger partial charge on any atom is -0.319 e. The molecule has 1 N–H and O–H groups in total. The van der Waals surface area contributed by atoms with E-state index >= 15 is 0 Å². The number of aryl methyl sites for hydroxylation is 2. The molecule has 0 bridgehead atoms. The Morgan fingerprint density at radius 3 is 2.20 bits per heavy atom. The van der Waals surface area contributed by atoms with E-state index in [4.69, 9.17) is 0 Å². The maximum absolute atomic E-state index is 4.65. The van der Waals surface area contributed by atoms with E-state index in [9.17, 15) is 0 Å². The summed E-state index contributed by atoms with van der Waals surface area (Å²) in [6.45, 7) is 5.10. The van der Waals surface area contributed by atoms with Crippen molar-refractivity contribution in [2.75, 3.05) is 13.6 Å². The molecule has 2 aromatic rings. The monoisotopic (exact) mass is 333 g/mol. The Hall–Kier alpha value is -1.26. The van der Waals surface area contributed by atoms with Crippen molar-refractivity contribution in [1.82, 2.24) is 15.3 Å². The normalized spacial score (nSPS) is 10.8. The van der Waals surface area contributed by atoms with E-state index in [0.29, 0.717) is 0 Å². The van der Waals surface area contributed by atoms with Crippen LogP contribution in [0.5, 0.6) is 0 Å². The molecule has 0 saturated heterocycles. The molecule has 0 unspecified atom stereocenters. The summed E-state index contributed by atoms with van der Waals surface area (Å²) in [6, 6.07) is 8.31. The maximum Gasteiger partial charge on any atom is 0.133 e. The number of likely N-dealkylation sites (N-methyl/N-ethyl adjacent to an activating group) is 1. The molecule has 3 nitrogen and oxygen atoms in total. The summed E-state index contributed by atoms with van der Waals surface area (Å²) in [5, 5.41) is 3.17. The molecule has 0 radical (unpaired) electrons. The Kier molecular flexibility index (Phi) is 5.26. The van der Waals surface area contributed by atoms with Crippen molar-refractivity contribution < 1.29 is 0 Å². The largest absolute Gasteiger partial charge is 0.319 e. The molecule has 4 heteroatoms. The van der Waals surface area contributed by atoms with Gasteiger partial charge in [0.05, 0.1) is 0 Å². The van der Waals surface area contributed by atoms with Gasteiger partial charge in [-0.25, -0.2) is 9.97 Å². The highest BCUT2D eigenvalue weighted by Gasteiger charge is 2.08. The van der Waals surface area contributed by atoms with Crippen LogP contribution in [0.25, 0.3) is 0 Å². The van der Waals surface area contributed by atoms with E-state index in [2.05, 4.69) is 69.3 Å². The molecule has 1 aromatic heterocycles. The van der Waals surface area contributed by atoms with Crippen molar-refractivity contribution >= 4 is 15.9 Å². The van der Waals surface area contributed by atoms with Crippen molar-refractivity contribution in [3.8, 4) is 0 Å². The van der Waals surface area contributed by atoms with E-state index in [1.54, 1.807) is 0 Å². The van der Waals surface area contributed by atoms with E-state index in [-0.39, 0.29) is 0 Å². The Balaban J connectivity index is 2.19. The number of hydrogen-bond donors (Lipinski definition) is 1. The Morgan fingerprint density at radius 1 is 1.05 bits per heavy atom. The Labute approximate surface area is 129 Å². The number of rotatable bonds is 5. The van der Waals surface area contributed by atoms with Crippen LogP contribution < -0.4 is 5.32 Å². The number of nitrogens with one attached hydrogen (secondary N) is 1. The van der Waals surface area contributed by atoms with Crippen molar-refractivity contribution in [2.45, 2.75) is 26.7 Å². The van der Waals surface area contributed by atoms with Crippen LogP contribution in [0, 0.1) is 13.8 Å². The minimum absolute atomic E-state index is 0.779. The Morgan fingerprint density at radius 2 is 1.65 bits per heavy atom. The van der Waals surface area contributed by atoms with Crippen LogP contribution in [-0.4, -0.2) is 23.6 Å². The summed E-state index contributed by atoms with van der Waals surface area (Å²) < 4.78 is 1.09. The lowest BCUT2D eigenvalue weighted by Crippen LogP contribution is -2.14. The van der Waals surface area contributed by atoms with Crippen molar-refractivity contribution in [1.29, 1.82) is 0 Å². The average molecular weight is 334 g/mol. The predicted molar refractivity (Wildman–Crippen MR) is 86.1 cm³/mol. The fourth-order valence-electron chi connectivity index (χ4n) is 2.28. The van der Waals surface area contributed by atoms with Crippen LogP contribution in [0.15, 0.2) is 28.7 Å². The molecule has 0 atom stereocenters. The van der Waals surface area contributed by atoms with Gasteiger partial charge in [-0.3, -0.25) is 0 Å². The van der Waals surface area contributed by atoms with Crippen molar-refractivity contribution in [3.05, 3.63) is 57.1 Å². The Bertz CT molecular complexity index is 556. The molecular weight excluding hydrogens is 314 g/mol. The summed E-state index contributed by atoms with van der Waals surface area (Å²) in [6.07, 6.45) is 1.76. The van der Waals surface area contributed by atoms with Gasteiger partial charge in [0.15, 0.2) is 0 Å². The van der Waals surface area contributed by atoms with E-state index < -0.39 is 0 Å². The molecule has 0 saturated carbocycles. The summed E-state index contributed by atoms with van der Waals surface area (Å²) in [4.78, 5) is 9.31. The summed E-state index contributed by atoms with van der Waals surface area (Å²) in [5.41, 5.74) is 4.69. The molecule has 0 amide bonds. The molecule has 0 spiro atoms. The van der Waals surface area contributed by atoms with Gasteiger partial charge in [-0.15, -0.1) is 0 Å². The van der Waals surface area contributed by atoms with E-state index in [1.165, 1.54) is 11.1 Å². The van der Waals surface area contributed by atoms with E-state index in [1.807, 2.05) is 7.05 Å². The second-order valence-corrected chi connectivity index (χ2v) is 5.86. The van der Waals surface area contributed by atoms with Crippen molar-refractivity contribution in [3.63, 3.8) is 0 Å². The molecule has 0 fully saturated rings. The van der Waals surface area contributed by atoms with Gasteiger partial charge in [-0.1, -0.05) is 28.1 Å². The second-order valence-electron chi connectivity index (χ2n) is 4.95. The van der Waals surface area contributed by atoms with Gasteiger partial charge in [0, 0.05) is 22.3 Å². The zero-order valence-electron chi connectivity index (χ0n) is 12.2. The first-order valence-corrected chi connectivity index (χ1v) is 7.61.